The van der Waals surface area contributed by atoms with E-state index in [2.05, 4.69) is 10.3 Å². The third-order valence-electron chi connectivity index (χ3n) is 4.24. The van der Waals surface area contributed by atoms with Crippen molar-refractivity contribution in [3.8, 4) is 0 Å². The lowest BCUT2D eigenvalue weighted by molar-refractivity contribution is -0.121. The molecule has 0 bridgehead atoms. The fraction of sp³-hybridized carbons (Fsp3) is 0.529. The summed E-state index contributed by atoms with van der Waals surface area (Å²) < 4.78 is 7.39. The monoisotopic (exact) mass is 301 g/mol. The minimum Gasteiger partial charge on any atom is -0.381 e. The van der Waals surface area contributed by atoms with Crippen molar-refractivity contribution in [2.75, 3.05) is 19.8 Å². The first-order valence-electron chi connectivity index (χ1n) is 8.07. The Bertz CT molecular complexity index is 617. The summed E-state index contributed by atoms with van der Waals surface area (Å²) in [5.74, 6) is 0.801. The maximum atomic E-state index is 11.9. The van der Waals surface area contributed by atoms with E-state index in [1.165, 1.54) is 6.42 Å². The van der Waals surface area contributed by atoms with Crippen LogP contribution in [0.25, 0.3) is 11.0 Å². The number of ether oxygens (including phenoxy) is 1. The van der Waals surface area contributed by atoms with Crippen LogP contribution in [-0.2, 0) is 16.1 Å². The lowest BCUT2D eigenvalue weighted by Gasteiger charge is -2.09. The molecule has 2 heterocycles. The van der Waals surface area contributed by atoms with Crippen LogP contribution in [0.3, 0.4) is 0 Å². The number of fused-ring (bicyclic) bond motifs is 1. The molecular formula is C17H23N3O2. The molecule has 0 spiro atoms. The molecular weight excluding hydrogens is 278 g/mol. The number of carbonyl (C=O) groups excluding carboxylic acids is 1. The Morgan fingerprint density at radius 3 is 3.18 bits per heavy atom. The van der Waals surface area contributed by atoms with Gasteiger partial charge < -0.3 is 14.6 Å². The van der Waals surface area contributed by atoms with Gasteiger partial charge in [0.1, 0.15) is 0 Å². The second kappa shape index (κ2) is 7.40. The van der Waals surface area contributed by atoms with Gasteiger partial charge in [-0.2, -0.15) is 0 Å². The SMILES string of the molecule is O=C(CCn1cnc2ccccc21)NCCCC1CCOC1. The zero-order valence-corrected chi connectivity index (χ0v) is 12.8. The number of nitrogens with one attached hydrogen (secondary N) is 1. The third kappa shape index (κ3) is 3.85. The molecule has 1 aliphatic heterocycles. The fourth-order valence-electron chi connectivity index (χ4n) is 2.93. The van der Waals surface area contributed by atoms with Gasteiger partial charge in [0.15, 0.2) is 0 Å². The lowest BCUT2D eigenvalue weighted by atomic mass is 10.0. The van der Waals surface area contributed by atoms with Gasteiger partial charge in [0.25, 0.3) is 0 Å². The Morgan fingerprint density at radius 1 is 1.41 bits per heavy atom. The molecule has 1 aromatic heterocycles. The van der Waals surface area contributed by atoms with E-state index in [9.17, 15) is 4.79 Å². The summed E-state index contributed by atoms with van der Waals surface area (Å²) in [5, 5.41) is 3.00. The molecule has 5 heteroatoms. The highest BCUT2D eigenvalue weighted by Gasteiger charge is 2.14. The zero-order chi connectivity index (χ0) is 15.2. The van der Waals surface area contributed by atoms with E-state index >= 15 is 0 Å². The Balaban J connectivity index is 1.37. The summed E-state index contributed by atoms with van der Waals surface area (Å²) in [6.45, 7) is 3.22. The summed E-state index contributed by atoms with van der Waals surface area (Å²) in [6.07, 6.45) is 5.65. The van der Waals surface area contributed by atoms with Crippen molar-refractivity contribution in [2.24, 2.45) is 5.92 Å². The van der Waals surface area contributed by atoms with E-state index in [0.717, 1.165) is 43.6 Å². The minimum atomic E-state index is 0.112. The predicted molar refractivity (Wildman–Crippen MR) is 85.5 cm³/mol. The molecule has 1 amide bonds. The van der Waals surface area contributed by atoms with Crippen molar-refractivity contribution in [1.82, 2.24) is 14.9 Å². The standard InChI is InChI=1S/C17H23N3O2/c21-17(18-9-3-4-14-8-11-22-12-14)7-10-20-13-19-15-5-1-2-6-16(15)20/h1-2,5-6,13-14H,3-4,7-12H2,(H,18,21). The number of para-hydroxylation sites is 2. The second-order valence-corrected chi connectivity index (χ2v) is 5.90. The Morgan fingerprint density at radius 2 is 2.32 bits per heavy atom. The zero-order valence-electron chi connectivity index (χ0n) is 12.8. The average molecular weight is 301 g/mol. The third-order valence-corrected chi connectivity index (χ3v) is 4.24. The molecule has 1 unspecified atom stereocenters. The number of rotatable bonds is 7. The molecule has 1 aromatic carbocycles. The summed E-state index contributed by atoms with van der Waals surface area (Å²) in [5.41, 5.74) is 2.05. The maximum Gasteiger partial charge on any atom is 0.221 e. The van der Waals surface area contributed by atoms with E-state index in [1.807, 2.05) is 28.8 Å². The van der Waals surface area contributed by atoms with Crippen LogP contribution in [0, 0.1) is 5.92 Å². The first kappa shape index (κ1) is 15.0. The molecule has 0 saturated carbocycles. The molecule has 0 aliphatic carbocycles. The van der Waals surface area contributed by atoms with Crippen molar-refractivity contribution < 1.29 is 9.53 Å². The number of benzene rings is 1. The predicted octanol–water partition coefficient (Wildman–Crippen LogP) is 2.36. The molecule has 0 radical (unpaired) electrons. The highest BCUT2D eigenvalue weighted by Crippen LogP contribution is 2.17. The summed E-state index contributed by atoms with van der Waals surface area (Å²) in [6, 6.07) is 7.98. The number of amides is 1. The van der Waals surface area contributed by atoms with Crippen LogP contribution in [-0.4, -0.2) is 35.2 Å². The highest BCUT2D eigenvalue weighted by molar-refractivity contribution is 5.77. The number of imidazole rings is 1. The smallest absolute Gasteiger partial charge is 0.221 e. The number of carbonyl (C=O) groups is 1. The summed E-state index contributed by atoms with van der Waals surface area (Å²) >= 11 is 0. The Labute approximate surface area is 130 Å². The average Bonchev–Trinajstić information content (AvgIpc) is 3.19. The maximum absolute atomic E-state index is 11.9. The van der Waals surface area contributed by atoms with Crippen LogP contribution in [0.2, 0.25) is 0 Å². The lowest BCUT2D eigenvalue weighted by Crippen LogP contribution is -2.25. The summed E-state index contributed by atoms with van der Waals surface area (Å²) in [7, 11) is 0. The Kier molecular flexibility index (Phi) is 5.06. The molecule has 2 aromatic rings. The van der Waals surface area contributed by atoms with Crippen LogP contribution >= 0.6 is 0 Å². The van der Waals surface area contributed by atoms with Crippen LogP contribution in [0.5, 0.6) is 0 Å². The van der Waals surface area contributed by atoms with Crippen LogP contribution in [0.1, 0.15) is 25.7 Å². The van der Waals surface area contributed by atoms with Gasteiger partial charge in [0.05, 0.1) is 17.4 Å². The highest BCUT2D eigenvalue weighted by atomic mass is 16.5. The first-order chi connectivity index (χ1) is 10.8. The number of nitrogens with zero attached hydrogens (tertiary/aromatic N) is 2. The van der Waals surface area contributed by atoms with Gasteiger partial charge >= 0.3 is 0 Å². The molecule has 1 aliphatic rings. The van der Waals surface area contributed by atoms with Crippen LogP contribution < -0.4 is 5.32 Å². The fourth-order valence-corrected chi connectivity index (χ4v) is 2.93. The van der Waals surface area contributed by atoms with Gasteiger partial charge in [0, 0.05) is 32.7 Å². The quantitative estimate of drug-likeness (QED) is 0.799. The molecule has 1 fully saturated rings. The molecule has 1 N–H and O–H groups in total. The molecule has 118 valence electrons. The minimum absolute atomic E-state index is 0.112. The largest absolute Gasteiger partial charge is 0.381 e. The van der Waals surface area contributed by atoms with Crippen LogP contribution in [0.4, 0.5) is 0 Å². The topological polar surface area (TPSA) is 56.2 Å². The number of hydrogen-bond acceptors (Lipinski definition) is 3. The summed E-state index contributed by atoms with van der Waals surface area (Å²) in [4.78, 5) is 16.2. The van der Waals surface area contributed by atoms with Gasteiger partial charge in [-0.05, 0) is 37.3 Å². The van der Waals surface area contributed by atoms with Crippen LogP contribution in [0.15, 0.2) is 30.6 Å². The van der Waals surface area contributed by atoms with E-state index in [4.69, 9.17) is 4.74 Å². The van der Waals surface area contributed by atoms with Gasteiger partial charge in [-0.25, -0.2) is 4.98 Å². The van der Waals surface area contributed by atoms with Gasteiger partial charge in [-0.3, -0.25) is 4.79 Å². The second-order valence-electron chi connectivity index (χ2n) is 5.90. The normalized spacial score (nSPS) is 17.9. The van der Waals surface area contributed by atoms with Crippen molar-refractivity contribution >= 4 is 16.9 Å². The first-order valence-corrected chi connectivity index (χ1v) is 8.07. The van der Waals surface area contributed by atoms with Crippen molar-refractivity contribution in [2.45, 2.75) is 32.2 Å². The van der Waals surface area contributed by atoms with Gasteiger partial charge in [-0.1, -0.05) is 12.1 Å². The van der Waals surface area contributed by atoms with E-state index in [0.29, 0.717) is 18.9 Å². The van der Waals surface area contributed by atoms with Crippen molar-refractivity contribution in [3.05, 3.63) is 30.6 Å². The van der Waals surface area contributed by atoms with Gasteiger partial charge in [-0.15, -0.1) is 0 Å². The number of aromatic nitrogens is 2. The number of aryl methyl sites for hydroxylation is 1. The molecule has 5 nitrogen and oxygen atoms in total. The molecule has 1 atom stereocenters. The number of hydrogen-bond donors (Lipinski definition) is 1. The Hall–Kier alpha value is -1.88. The van der Waals surface area contributed by atoms with E-state index in [1.54, 1.807) is 6.33 Å². The molecule has 22 heavy (non-hydrogen) atoms. The van der Waals surface area contributed by atoms with E-state index < -0.39 is 0 Å². The van der Waals surface area contributed by atoms with Crippen molar-refractivity contribution in [1.29, 1.82) is 0 Å². The van der Waals surface area contributed by atoms with Crippen molar-refractivity contribution in [3.63, 3.8) is 0 Å². The van der Waals surface area contributed by atoms with Gasteiger partial charge in [0.2, 0.25) is 5.91 Å². The molecule has 1 saturated heterocycles. The van der Waals surface area contributed by atoms with E-state index in [-0.39, 0.29) is 5.91 Å². The molecule has 3 rings (SSSR count).